The van der Waals surface area contributed by atoms with E-state index in [0.29, 0.717) is 50.1 Å². The number of carbonyl (C=O) groups is 2. The third-order valence-corrected chi connectivity index (χ3v) is 6.70. The van der Waals surface area contributed by atoms with Gasteiger partial charge in [-0.25, -0.2) is 13.2 Å². The van der Waals surface area contributed by atoms with E-state index in [9.17, 15) is 18.0 Å². The van der Waals surface area contributed by atoms with E-state index in [1.807, 2.05) is 13.8 Å². The van der Waals surface area contributed by atoms with Crippen molar-refractivity contribution in [1.82, 2.24) is 4.31 Å². The smallest absolute Gasteiger partial charge is 0.338 e. The van der Waals surface area contributed by atoms with E-state index in [1.54, 1.807) is 24.3 Å². The fourth-order valence-corrected chi connectivity index (χ4v) is 4.40. The number of Topliss-reactive ketones (excluding diaryl/α,β-unsaturated/α-hetero) is 1. The summed E-state index contributed by atoms with van der Waals surface area (Å²) >= 11 is 0. The van der Waals surface area contributed by atoms with Gasteiger partial charge in [-0.1, -0.05) is 13.8 Å². The summed E-state index contributed by atoms with van der Waals surface area (Å²) in [4.78, 5) is 24.7. The van der Waals surface area contributed by atoms with Crippen molar-refractivity contribution < 1.29 is 32.2 Å². The topological polar surface area (TPSA) is 99.2 Å². The first-order valence-corrected chi connectivity index (χ1v) is 11.8. The fraction of sp³-hybridized carbons (Fsp3) is 0.391. The Morgan fingerprint density at radius 1 is 0.969 bits per heavy atom. The number of hydrogen-bond acceptors (Lipinski definition) is 7. The first kappa shape index (κ1) is 23.9. The van der Waals surface area contributed by atoms with Gasteiger partial charge in [-0.3, -0.25) is 4.79 Å². The van der Waals surface area contributed by atoms with Crippen LogP contribution in [0.5, 0.6) is 5.75 Å². The molecule has 1 fully saturated rings. The van der Waals surface area contributed by atoms with Crippen LogP contribution in [-0.2, 0) is 19.5 Å². The Labute approximate surface area is 188 Å². The van der Waals surface area contributed by atoms with Crippen molar-refractivity contribution in [3.63, 3.8) is 0 Å². The van der Waals surface area contributed by atoms with Crippen molar-refractivity contribution in [1.29, 1.82) is 0 Å². The summed E-state index contributed by atoms with van der Waals surface area (Å²) in [5.41, 5.74) is 0.567. The summed E-state index contributed by atoms with van der Waals surface area (Å²) in [5, 5.41) is 0. The number of benzene rings is 2. The minimum absolute atomic E-state index is 0.104. The Morgan fingerprint density at radius 3 is 2.16 bits per heavy atom. The van der Waals surface area contributed by atoms with Crippen molar-refractivity contribution >= 4 is 21.8 Å². The maximum atomic E-state index is 12.6. The Hall–Kier alpha value is -2.75. The van der Waals surface area contributed by atoms with Gasteiger partial charge in [0.05, 0.1) is 30.3 Å². The van der Waals surface area contributed by atoms with Crippen LogP contribution in [0.3, 0.4) is 0 Å². The van der Waals surface area contributed by atoms with Crippen LogP contribution in [0.15, 0.2) is 53.4 Å². The highest BCUT2D eigenvalue weighted by Crippen LogP contribution is 2.18. The molecule has 1 aliphatic heterocycles. The number of hydrogen-bond donors (Lipinski definition) is 0. The second-order valence-corrected chi connectivity index (χ2v) is 9.71. The zero-order valence-electron chi connectivity index (χ0n) is 18.2. The molecule has 1 heterocycles. The summed E-state index contributed by atoms with van der Waals surface area (Å²) in [6, 6.07) is 12.1. The second-order valence-electron chi connectivity index (χ2n) is 7.77. The number of nitrogens with zero attached hydrogens (tertiary/aromatic N) is 1. The molecule has 0 amide bonds. The van der Waals surface area contributed by atoms with E-state index in [-0.39, 0.29) is 10.5 Å². The molecule has 2 aromatic rings. The first-order valence-electron chi connectivity index (χ1n) is 10.4. The van der Waals surface area contributed by atoms with Crippen LogP contribution < -0.4 is 4.74 Å². The molecule has 0 bridgehead atoms. The van der Waals surface area contributed by atoms with Crippen LogP contribution >= 0.6 is 0 Å². The molecular formula is C23H27NO7S. The van der Waals surface area contributed by atoms with E-state index >= 15 is 0 Å². The maximum absolute atomic E-state index is 12.6. The summed E-state index contributed by atoms with van der Waals surface area (Å²) in [7, 11) is -3.63. The van der Waals surface area contributed by atoms with Crippen LogP contribution in [0, 0.1) is 5.92 Å². The molecule has 32 heavy (non-hydrogen) atoms. The van der Waals surface area contributed by atoms with Gasteiger partial charge in [-0.05, 0) is 54.4 Å². The number of esters is 1. The lowest BCUT2D eigenvalue weighted by atomic mass is 10.1. The highest BCUT2D eigenvalue weighted by atomic mass is 32.2. The zero-order valence-corrected chi connectivity index (χ0v) is 19.0. The molecule has 172 valence electrons. The number of sulfonamides is 1. The van der Waals surface area contributed by atoms with Gasteiger partial charge in [-0.15, -0.1) is 0 Å². The predicted molar refractivity (Wildman–Crippen MR) is 117 cm³/mol. The van der Waals surface area contributed by atoms with E-state index in [4.69, 9.17) is 14.2 Å². The fourth-order valence-electron chi connectivity index (χ4n) is 3.00. The average molecular weight is 462 g/mol. The van der Waals surface area contributed by atoms with E-state index < -0.39 is 28.4 Å². The minimum Gasteiger partial charge on any atom is -0.493 e. The molecule has 0 spiro atoms. The number of ketones is 1. The van der Waals surface area contributed by atoms with Crippen LogP contribution in [0.2, 0.25) is 0 Å². The lowest BCUT2D eigenvalue weighted by Crippen LogP contribution is -2.40. The third-order valence-electron chi connectivity index (χ3n) is 4.79. The van der Waals surface area contributed by atoms with E-state index in [1.165, 1.54) is 28.6 Å². The Bertz CT molecular complexity index is 1030. The number of morpholine rings is 1. The summed E-state index contributed by atoms with van der Waals surface area (Å²) in [6.45, 7) is 5.51. The lowest BCUT2D eigenvalue weighted by molar-refractivity contribution is 0.0474. The monoisotopic (exact) mass is 461 g/mol. The van der Waals surface area contributed by atoms with Gasteiger partial charge < -0.3 is 14.2 Å². The van der Waals surface area contributed by atoms with Gasteiger partial charge in [0.15, 0.2) is 12.4 Å². The van der Waals surface area contributed by atoms with Crippen LogP contribution in [0.1, 0.15) is 34.6 Å². The molecule has 1 aliphatic rings. The molecule has 9 heteroatoms. The number of carbonyl (C=O) groups excluding carboxylic acids is 2. The Morgan fingerprint density at radius 2 is 1.56 bits per heavy atom. The molecule has 3 rings (SSSR count). The van der Waals surface area contributed by atoms with Gasteiger partial charge in [0.25, 0.3) is 0 Å². The van der Waals surface area contributed by atoms with Crippen LogP contribution in [0.4, 0.5) is 0 Å². The lowest BCUT2D eigenvalue weighted by Gasteiger charge is -2.26. The SMILES string of the molecule is CC(C)COc1ccc(C(=O)OCC(=O)c2ccc(S(=O)(=O)N3CCOCC3)cc2)cc1. The van der Waals surface area contributed by atoms with Gasteiger partial charge in [0.1, 0.15) is 5.75 Å². The maximum Gasteiger partial charge on any atom is 0.338 e. The third kappa shape index (κ3) is 6.15. The van der Waals surface area contributed by atoms with Gasteiger partial charge >= 0.3 is 5.97 Å². The van der Waals surface area contributed by atoms with Crippen molar-refractivity contribution in [2.24, 2.45) is 5.92 Å². The van der Waals surface area contributed by atoms with Crippen molar-refractivity contribution in [2.75, 3.05) is 39.5 Å². The summed E-state index contributed by atoms with van der Waals surface area (Å²) < 4.78 is 42.5. The Balaban J connectivity index is 1.55. The molecule has 0 unspecified atom stereocenters. The average Bonchev–Trinajstić information content (AvgIpc) is 2.82. The molecule has 0 N–H and O–H groups in total. The van der Waals surface area contributed by atoms with E-state index in [2.05, 4.69) is 0 Å². The normalized spacial score (nSPS) is 14.8. The van der Waals surface area contributed by atoms with E-state index in [0.717, 1.165) is 0 Å². The minimum atomic E-state index is -3.63. The molecular weight excluding hydrogens is 434 g/mol. The first-order chi connectivity index (χ1) is 15.3. The molecule has 0 atom stereocenters. The molecule has 1 saturated heterocycles. The van der Waals surface area contributed by atoms with Crippen LogP contribution in [-0.4, -0.2) is 64.0 Å². The molecule has 8 nitrogen and oxygen atoms in total. The molecule has 0 radical (unpaired) electrons. The molecule has 0 aliphatic carbocycles. The number of rotatable bonds is 9. The van der Waals surface area contributed by atoms with Crippen molar-refractivity contribution in [3.05, 3.63) is 59.7 Å². The van der Waals surface area contributed by atoms with Gasteiger partial charge in [0, 0.05) is 18.7 Å². The van der Waals surface area contributed by atoms with Gasteiger partial charge in [0.2, 0.25) is 10.0 Å². The predicted octanol–water partition coefficient (Wildman–Crippen LogP) is 2.78. The number of ether oxygens (including phenoxy) is 3. The zero-order chi connectivity index (χ0) is 23.1. The van der Waals surface area contributed by atoms with Crippen molar-refractivity contribution in [2.45, 2.75) is 18.7 Å². The standard InChI is InChI=1S/C23H27NO7S/c1-17(2)15-30-20-7-3-19(4-8-20)23(26)31-16-22(25)18-5-9-21(10-6-18)32(27,28)24-11-13-29-14-12-24/h3-10,17H,11-16H2,1-2H3. The molecule has 2 aromatic carbocycles. The molecule has 0 aromatic heterocycles. The summed E-state index contributed by atoms with van der Waals surface area (Å²) in [5.74, 6) is -0.0107. The molecule has 0 saturated carbocycles. The largest absolute Gasteiger partial charge is 0.493 e. The quantitative estimate of drug-likeness (QED) is 0.418. The highest BCUT2D eigenvalue weighted by molar-refractivity contribution is 7.89. The van der Waals surface area contributed by atoms with Gasteiger partial charge in [-0.2, -0.15) is 4.31 Å². The van der Waals surface area contributed by atoms with Crippen molar-refractivity contribution in [3.8, 4) is 5.75 Å². The van der Waals surface area contributed by atoms with Crippen LogP contribution in [0.25, 0.3) is 0 Å². The second kappa shape index (κ2) is 10.7. The Kier molecular flexibility index (Phi) is 8.00. The highest BCUT2D eigenvalue weighted by Gasteiger charge is 2.26. The summed E-state index contributed by atoms with van der Waals surface area (Å²) in [6.07, 6.45) is 0.